The number of nitrogens with zero attached hydrogens (tertiary/aromatic N) is 1. The molecule has 13 heavy (non-hydrogen) atoms. The Morgan fingerprint density at radius 2 is 1.69 bits per heavy atom. The van der Waals surface area contributed by atoms with Crippen LogP contribution in [0.5, 0.6) is 0 Å². The fourth-order valence-electron chi connectivity index (χ4n) is 0.105. The fourth-order valence-corrected chi connectivity index (χ4v) is 0.105. The van der Waals surface area contributed by atoms with Crippen molar-refractivity contribution in [3.63, 3.8) is 0 Å². The van der Waals surface area contributed by atoms with Crippen molar-refractivity contribution in [3.05, 3.63) is 47.6 Å². The Morgan fingerprint density at radius 1 is 1.46 bits per heavy atom. The third-order valence-electron chi connectivity index (χ3n) is 0.278. The molecule has 0 aliphatic heterocycles. The second-order valence-corrected chi connectivity index (χ2v) is 2.42. The average Bonchev–Trinajstić information content (AvgIpc) is 1.86. The maximum Gasteiger partial charge on any atom is 0.221 e. The van der Waals surface area contributed by atoms with E-state index in [1.54, 1.807) is 6.08 Å². The highest BCUT2D eigenvalue weighted by molar-refractivity contribution is 4.78. The third-order valence-corrected chi connectivity index (χ3v) is 0.278. The topological polar surface area (TPSA) is 43.1 Å². The van der Waals surface area contributed by atoms with E-state index in [2.05, 4.69) is 19.7 Å². The summed E-state index contributed by atoms with van der Waals surface area (Å²) in [6.07, 6.45) is 3.00. The van der Waals surface area contributed by atoms with Crippen LogP contribution in [0.4, 0.5) is 0 Å². The normalized spacial score (nSPS) is 6.38. The fraction of sp³-hybridized carbons (Fsp3) is 0.400. The Hall–Kier alpha value is -1.38. The summed E-state index contributed by atoms with van der Waals surface area (Å²) in [5.74, 6) is 0. The number of hydrogen-bond donors (Lipinski definition) is 0. The summed E-state index contributed by atoms with van der Waals surface area (Å²) in [7, 11) is 0. The second kappa shape index (κ2) is 16.9. The summed E-state index contributed by atoms with van der Waals surface area (Å²) in [6.45, 7) is 15.8. The van der Waals surface area contributed by atoms with Gasteiger partial charge in [-0.05, 0) is 26.8 Å². The zero-order valence-corrected chi connectivity index (χ0v) is 8.75. The van der Waals surface area contributed by atoms with E-state index >= 15 is 0 Å². The lowest BCUT2D eigenvalue weighted by Crippen LogP contribution is -1.94. The quantitative estimate of drug-likeness (QED) is 0.376. The number of hydrogen-bond acceptors (Lipinski definition) is 2. The van der Waals surface area contributed by atoms with Crippen LogP contribution in [0, 0.1) is 10.1 Å². The zero-order valence-electron chi connectivity index (χ0n) is 8.75. The maximum absolute atomic E-state index is 9.33. The molecule has 3 nitrogen and oxygen atoms in total. The van der Waals surface area contributed by atoms with Crippen LogP contribution in [0.3, 0.4) is 0 Å². The Balaban J connectivity index is -0.000000125. The second-order valence-electron chi connectivity index (χ2n) is 2.42. The van der Waals surface area contributed by atoms with Gasteiger partial charge in [-0.2, -0.15) is 0 Å². The molecule has 0 heterocycles. The zero-order chi connectivity index (χ0) is 11.3. The van der Waals surface area contributed by atoms with E-state index in [0.29, 0.717) is 0 Å². The molecule has 0 aromatic rings. The number of nitro groups is 1. The number of allylic oxidation sites excluding steroid dienone is 2. The molecule has 0 aliphatic carbocycles. The molecule has 0 saturated carbocycles. The molecule has 0 bridgehead atoms. The van der Waals surface area contributed by atoms with Crippen molar-refractivity contribution >= 4 is 0 Å². The predicted molar refractivity (Wildman–Crippen MR) is 58.4 cm³/mol. The van der Waals surface area contributed by atoms with Crippen LogP contribution in [-0.2, 0) is 0 Å². The molecule has 0 spiro atoms. The van der Waals surface area contributed by atoms with Gasteiger partial charge in [-0.25, -0.2) is 0 Å². The van der Waals surface area contributed by atoms with Crippen LogP contribution >= 0.6 is 0 Å². The molecule has 0 N–H and O–H groups in total. The van der Waals surface area contributed by atoms with Gasteiger partial charge in [0, 0.05) is 4.92 Å². The first kappa shape index (κ1) is 17.6. The van der Waals surface area contributed by atoms with Crippen molar-refractivity contribution < 1.29 is 4.92 Å². The molecule has 0 atom stereocenters. The van der Waals surface area contributed by atoms with Crippen molar-refractivity contribution in [3.8, 4) is 0 Å². The first-order valence-corrected chi connectivity index (χ1v) is 3.84. The molecule has 0 aliphatic rings. The molecule has 76 valence electrons. The monoisotopic (exact) mass is 185 g/mol. The highest BCUT2D eigenvalue weighted by atomic mass is 16.6. The minimum absolute atomic E-state index is 0.139. The molecular weight excluding hydrogens is 166 g/mol. The Kier molecular flexibility index (Phi) is 23.0. The van der Waals surface area contributed by atoms with Crippen molar-refractivity contribution in [2.24, 2.45) is 0 Å². The van der Waals surface area contributed by atoms with Crippen molar-refractivity contribution in [1.29, 1.82) is 0 Å². The van der Waals surface area contributed by atoms with Crippen LogP contribution < -0.4 is 0 Å². The molecule has 0 radical (unpaired) electrons. The van der Waals surface area contributed by atoms with Crippen molar-refractivity contribution in [2.75, 3.05) is 6.54 Å². The van der Waals surface area contributed by atoms with E-state index < -0.39 is 4.92 Å². The van der Waals surface area contributed by atoms with Crippen LogP contribution in [0.25, 0.3) is 0 Å². The molecule has 0 aromatic heterocycles. The van der Waals surface area contributed by atoms with Gasteiger partial charge in [0.2, 0.25) is 6.54 Å². The first-order valence-electron chi connectivity index (χ1n) is 3.84. The maximum atomic E-state index is 9.33. The van der Waals surface area contributed by atoms with Gasteiger partial charge in [0.25, 0.3) is 0 Å². The van der Waals surface area contributed by atoms with Gasteiger partial charge in [-0.3, -0.25) is 10.1 Å². The molecule has 0 rings (SSSR count). The van der Waals surface area contributed by atoms with E-state index in [-0.39, 0.29) is 6.54 Å². The summed E-state index contributed by atoms with van der Waals surface area (Å²) < 4.78 is 0. The van der Waals surface area contributed by atoms with Gasteiger partial charge >= 0.3 is 0 Å². The van der Waals surface area contributed by atoms with E-state index in [1.165, 1.54) is 11.6 Å². The van der Waals surface area contributed by atoms with Gasteiger partial charge in [0.15, 0.2) is 0 Å². The molecule has 3 heteroatoms. The van der Waals surface area contributed by atoms with Gasteiger partial charge in [-0.1, -0.05) is 18.2 Å². The molecule has 0 amide bonds. The highest BCUT2D eigenvalue weighted by Gasteiger charge is 1.81. The molecule has 0 fully saturated rings. The Labute approximate surface area is 80.6 Å². The van der Waals surface area contributed by atoms with Gasteiger partial charge < -0.3 is 0 Å². The summed E-state index contributed by atoms with van der Waals surface area (Å²) in [6, 6.07) is 0. The van der Waals surface area contributed by atoms with Crippen molar-refractivity contribution in [2.45, 2.75) is 20.8 Å². The van der Waals surface area contributed by atoms with E-state index in [1.807, 2.05) is 20.8 Å². The lowest BCUT2D eigenvalue weighted by Gasteiger charge is -1.76. The lowest BCUT2D eigenvalue weighted by atomic mass is 10.4. The lowest BCUT2D eigenvalue weighted by molar-refractivity contribution is -0.468. The van der Waals surface area contributed by atoms with E-state index in [4.69, 9.17) is 0 Å². The predicted octanol–water partition coefficient (Wildman–Crippen LogP) is 3.22. The van der Waals surface area contributed by atoms with Crippen LogP contribution in [0.2, 0.25) is 0 Å². The minimum atomic E-state index is -0.438. The van der Waals surface area contributed by atoms with Crippen LogP contribution in [0.15, 0.2) is 37.5 Å². The van der Waals surface area contributed by atoms with E-state index in [0.717, 1.165) is 0 Å². The smallest absolute Gasteiger partial charge is 0.221 e. The Morgan fingerprint density at radius 3 is 1.69 bits per heavy atom. The van der Waals surface area contributed by atoms with Gasteiger partial charge in [0.05, 0.1) is 0 Å². The average molecular weight is 185 g/mol. The summed E-state index contributed by atoms with van der Waals surface area (Å²) >= 11 is 0. The summed E-state index contributed by atoms with van der Waals surface area (Å²) in [4.78, 5) is 8.90. The van der Waals surface area contributed by atoms with Gasteiger partial charge in [-0.15, -0.1) is 13.2 Å². The standard InChI is InChI=1S/C4H8.C3H5NO2.C3H6/c1-4(2)3;1-2-3-4(5)6;1-3-2/h1H2,2-3H3;2H,1,3H2;3H,1H2,2H3. The Bertz CT molecular complexity index is 158. The molecule has 0 unspecified atom stereocenters. The SMILES string of the molecule is C=C(C)C.C=CC.C=CC[N+](=O)[O-]. The molecule has 0 saturated heterocycles. The molecular formula is C10H19NO2. The minimum Gasteiger partial charge on any atom is -0.264 e. The van der Waals surface area contributed by atoms with Crippen molar-refractivity contribution in [1.82, 2.24) is 0 Å². The number of rotatable bonds is 2. The summed E-state index contributed by atoms with van der Waals surface area (Å²) in [5, 5.41) is 9.33. The van der Waals surface area contributed by atoms with Crippen LogP contribution in [-0.4, -0.2) is 11.5 Å². The first-order chi connectivity index (χ1) is 5.92. The third kappa shape index (κ3) is 301. The van der Waals surface area contributed by atoms with Gasteiger partial charge in [0.1, 0.15) is 0 Å². The largest absolute Gasteiger partial charge is 0.264 e. The summed E-state index contributed by atoms with van der Waals surface area (Å²) in [5.41, 5.74) is 1.17. The highest BCUT2D eigenvalue weighted by Crippen LogP contribution is 1.73. The van der Waals surface area contributed by atoms with Crippen LogP contribution in [0.1, 0.15) is 20.8 Å². The molecule has 0 aromatic carbocycles. The van der Waals surface area contributed by atoms with E-state index in [9.17, 15) is 10.1 Å².